The minimum absolute atomic E-state index is 0.129. The number of rotatable bonds is 3. The minimum Gasteiger partial charge on any atom is -0.381 e. The fraction of sp³-hybridized carbons (Fsp3) is 0.200. The number of hydrogen-bond donors (Lipinski definition) is 1. The van der Waals surface area contributed by atoms with Crippen molar-refractivity contribution in [1.82, 2.24) is 9.88 Å². The van der Waals surface area contributed by atoms with Crippen LogP contribution in [0.3, 0.4) is 0 Å². The topological polar surface area (TPSA) is 45.2 Å². The van der Waals surface area contributed by atoms with E-state index < -0.39 is 0 Å². The molecule has 4 nitrogen and oxygen atoms in total. The van der Waals surface area contributed by atoms with E-state index in [-0.39, 0.29) is 5.91 Å². The van der Waals surface area contributed by atoms with Crippen LogP contribution < -0.4 is 5.32 Å². The molecule has 0 fully saturated rings. The first kappa shape index (κ1) is 14.7. The van der Waals surface area contributed by atoms with Gasteiger partial charge in [-0.3, -0.25) is 9.78 Å². The molecule has 120 valence electrons. The molecule has 1 aliphatic heterocycles. The number of nitrogens with one attached hydrogen (secondary N) is 1. The molecular formula is C20H19N3O. The van der Waals surface area contributed by atoms with Gasteiger partial charge in [0.25, 0.3) is 0 Å². The first-order chi connectivity index (χ1) is 11.7. The Hall–Kier alpha value is -2.88. The third-order valence-electron chi connectivity index (χ3n) is 4.54. The number of amides is 1. The van der Waals surface area contributed by atoms with E-state index in [1.807, 2.05) is 17.2 Å². The quantitative estimate of drug-likeness (QED) is 0.801. The van der Waals surface area contributed by atoms with Gasteiger partial charge in [0.1, 0.15) is 0 Å². The number of benzene rings is 2. The molecular weight excluding hydrogens is 298 g/mol. The van der Waals surface area contributed by atoms with Gasteiger partial charge in [-0.25, -0.2) is 0 Å². The van der Waals surface area contributed by atoms with E-state index in [2.05, 4.69) is 52.8 Å². The first-order valence-electron chi connectivity index (χ1n) is 8.14. The number of pyridine rings is 1. The molecule has 0 saturated heterocycles. The highest BCUT2D eigenvalue weighted by Crippen LogP contribution is 2.26. The minimum atomic E-state index is 0.129. The molecule has 0 unspecified atom stereocenters. The molecule has 1 aromatic heterocycles. The van der Waals surface area contributed by atoms with E-state index in [1.54, 1.807) is 6.92 Å². The lowest BCUT2D eigenvalue weighted by Crippen LogP contribution is -2.21. The predicted molar refractivity (Wildman–Crippen MR) is 95.4 cm³/mol. The predicted octanol–water partition coefficient (Wildman–Crippen LogP) is 3.71. The summed E-state index contributed by atoms with van der Waals surface area (Å²) in [6, 6.07) is 16.7. The Morgan fingerprint density at radius 2 is 2.00 bits per heavy atom. The highest BCUT2D eigenvalue weighted by atomic mass is 16.2. The molecule has 0 atom stereocenters. The van der Waals surface area contributed by atoms with Crippen LogP contribution in [0.5, 0.6) is 0 Å². The molecule has 24 heavy (non-hydrogen) atoms. The van der Waals surface area contributed by atoms with Gasteiger partial charge in [-0.2, -0.15) is 0 Å². The number of fused-ring (bicyclic) bond motifs is 2. The Morgan fingerprint density at radius 3 is 2.88 bits per heavy atom. The normalized spacial score (nSPS) is 13.1. The SMILES string of the molecule is CC(=O)N1Cc2ccc(NCc3ccc4cccnc4c3)cc2C1. The van der Waals surface area contributed by atoms with Gasteiger partial charge in [0.2, 0.25) is 5.91 Å². The van der Waals surface area contributed by atoms with Gasteiger partial charge in [0, 0.05) is 43.8 Å². The van der Waals surface area contributed by atoms with Crippen molar-refractivity contribution in [3.63, 3.8) is 0 Å². The summed E-state index contributed by atoms with van der Waals surface area (Å²) in [4.78, 5) is 17.8. The van der Waals surface area contributed by atoms with Crippen LogP contribution in [-0.4, -0.2) is 15.8 Å². The van der Waals surface area contributed by atoms with Crippen molar-refractivity contribution in [2.75, 3.05) is 5.32 Å². The standard InChI is InChI=1S/C20H19N3O/c1-14(24)23-12-17-6-7-19(10-18(17)13-23)22-11-15-4-5-16-3-2-8-21-20(16)9-15/h2-10,22H,11-13H2,1H3. The fourth-order valence-electron chi connectivity index (χ4n) is 3.15. The summed E-state index contributed by atoms with van der Waals surface area (Å²) in [6.07, 6.45) is 1.82. The largest absolute Gasteiger partial charge is 0.381 e. The van der Waals surface area contributed by atoms with Gasteiger partial charge in [0.15, 0.2) is 0 Å². The Morgan fingerprint density at radius 1 is 1.12 bits per heavy atom. The van der Waals surface area contributed by atoms with E-state index in [1.165, 1.54) is 16.7 Å². The van der Waals surface area contributed by atoms with Gasteiger partial charge in [-0.15, -0.1) is 0 Å². The number of nitrogens with zero attached hydrogens (tertiary/aromatic N) is 2. The Labute approximate surface area is 141 Å². The summed E-state index contributed by atoms with van der Waals surface area (Å²) in [6.45, 7) is 3.81. The second-order valence-electron chi connectivity index (χ2n) is 6.24. The molecule has 0 bridgehead atoms. The zero-order valence-corrected chi connectivity index (χ0v) is 13.6. The van der Waals surface area contributed by atoms with Crippen molar-refractivity contribution < 1.29 is 4.79 Å². The van der Waals surface area contributed by atoms with Crippen LogP contribution in [0.15, 0.2) is 54.7 Å². The maximum absolute atomic E-state index is 11.5. The van der Waals surface area contributed by atoms with E-state index in [9.17, 15) is 4.79 Å². The van der Waals surface area contributed by atoms with Crippen molar-refractivity contribution in [1.29, 1.82) is 0 Å². The van der Waals surface area contributed by atoms with Crippen LogP contribution in [0.4, 0.5) is 5.69 Å². The Balaban J connectivity index is 1.48. The van der Waals surface area contributed by atoms with Crippen molar-refractivity contribution in [2.24, 2.45) is 0 Å². The average molecular weight is 317 g/mol. The third-order valence-corrected chi connectivity index (χ3v) is 4.54. The van der Waals surface area contributed by atoms with Crippen LogP contribution in [-0.2, 0) is 24.4 Å². The molecule has 2 aromatic carbocycles. The van der Waals surface area contributed by atoms with E-state index in [0.29, 0.717) is 6.54 Å². The number of carbonyl (C=O) groups excluding carboxylic acids is 1. The lowest BCUT2D eigenvalue weighted by atomic mass is 10.1. The van der Waals surface area contributed by atoms with Crippen LogP contribution in [0.2, 0.25) is 0 Å². The lowest BCUT2D eigenvalue weighted by molar-refractivity contribution is -0.129. The smallest absolute Gasteiger partial charge is 0.220 e. The van der Waals surface area contributed by atoms with Gasteiger partial charge < -0.3 is 10.2 Å². The Kier molecular flexibility index (Phi) is 3.65. The highest BCUT2D eigenvalue weighted by molar-refractivity contribution is 5.79. The zero-order chi connectivity index (χ0) is 16.5. The summed E-state index contributed by atoms with van der Waals surface area (Å²) < 4.78 is 0. The van der Waals surface area contributed by atoms with Crippen LogP contribution in [0, 0.1) is 0 Å². The Bertz CT molecular complexity index is 920. The molecule has 1 N–H and O–H groups in total. The summed E-state index contributed by atoms with van der Waals surface area (Å²) in [5.41, 5.74) is 5.77. The zero-order valence-electron chi connectivity index (χ0n) is 13.6. The second-order valence-corrected chi connectivity index (χ2v) is 6.24. The van der Waals surface area contributed by atoms with Crippen molar-refractivity contribution in [2.45, 2.75) is 26.6 Å². The molecule has 0 saturated carbocycles. The van der Waals surface area contributed by atoms with Gasteiger partial charge in [-0.05, 0) is 41.0 Å². The summed E-state index contributed by atoms with van der Waals surface area (Å²) >= 11 is 0. The summed E-state index contributed by atoms with van der Waals surface area (Å²) in [5.74, 6) is 0.129. The molecule has 2 heterocycles. The molecule has 1 aliphatic rings. The number of anilines is 1. The highest BCUT2D eigenvalue weighted by Gasteiger charge is 2.20. The van der Waals surface area contributed by atoms with Crippen molar-refractivity contribution >= 4 is 22.5 Å². The maximum Gasteiger partial charge on any atom is 0.220 e. The second kappa shape index (κ2) is 5.96. The molecule has 4 rings (SSSR count). The maximum atomic E-state index is 11.5. The van der Waals surface area contributed by atoms with E-state index >= 15 is 0 Å². The van der Waals surface area contributed by atoms with Crippen LogP contribution >= 0.6 is 0 Å². The summed E-state index contributed by atoms with van der Waals surface area (Å²) in [7, 11) is 0. The van der Waals surface area contributed by atoms with E-state index in [0.717, 1.165) is 29.7 Å². The van der Waals surface area contributed by atoms with Gasteiger partial charge >= 0.3 is 0 Å². The first-order valence-corrected chi connectivity index (χ1v) is 8.14. The van der Waals surface area contributed by atoms with Gasteiger partial charge in [0.05, 0.1) is 5.52 Å². The average Bonchev–Trinajstić information content (AvgIpc) is 3.03. The van der Waals surface area contributed by atoms with E-state index in [4.69, 9.17) is 0 Å². The van der Waals surface area contributed by atoms with Crippen LogP contribution in [0.1, 0.15) is 23.6 Å². The number of aromatic nitrogens is 1. The molecule has 3 aromatic rings. The van der Waals surface area contributed by atoms with Crippen molar-refractivity contribution in [3.05, 3.63) is 71.4 Å². The number of hydrogen-bond acceptors (Lipinski definition) is 3. The van der Waals surface area contributed by atoms with Gasteiger partial charge in [-0.1, -0.05) is 24.3 Å². The molecule has 0 aliphatic carbocycles. The molecule has 1 amide bonds. The van der Waals surface area contributed by atoms with Crippen molar-refractivity contribution in [3.8, 4) is 0 Å². The summed E-state index contributed by atoms with van der Waals surface area (Å²) in [5, 5.41) is 4.62. The third kappa shape index (κ3) is 2.83. The monoisotopic (exact) mass is 317 g/mol. The lowest BCUT2D eigenvalue weighted by Gasteiger charge is -2.11. The molecule has 0 spiro atoms. The molecule has 4 heteroatoms. The molecule has 0 radical (unpaired) electrons. The van der Waals surface area contributed by atoms with Crippen LogP contribution in [0.25, 0.3) is 10.9 Å². The number of carbonyl (C=O) groups is 1. The fourth-order valence-corrected chi connectivity index (χ4v) is 3.15.